The highest BCUT2D eigenvalue weighted by Gasteiger charge is 2.32. The first kappa shape index (κ1) is 12.0. The molecule has 0 radical (unpaired) electrons. The number of aliphatic hydroxyl groups excluding tert-OH is 1. The van der Waals surface area contributed by atoms with Gasteiger partial charge in [0, 0.05) is 31.2 Å². The fraction of sp³-hybridized carbons (Fsp3) is 1.00. The lowest BCUT2D eigenvalue weighted by molar-refractivity contribution is -0.0124. The van der Waals surface area contributed by atoms with Crippen LogP contribution in [0.1, 0.15) is 27.7 Å². The first-order chi connectivity index (χ1) is 6.49. The zero-order chi connectivity index (χ0) is 10.8. The van der Waals surface area contributed by atoms with E-state index in [9.17, 15) is 5.11 Å². The number of likely N-dealkylation sites (N-methyl/N-ethyl adjacent to an activating group) is 1. The molecule has 3 nitrogen and oxygen atoms in total. The average Bonchev–Trinajstić information content (AvgIpc) is 2.15. The maximum absolute atomic E-state index is 9.37. The van der Waals surface area contributed by atoms with Crippen molar-refractivity contribution in [3.63, 3.8) is 0 Å². The predicted molar refractivity (Wildman–Crippen MR) is 59.4 cm³/mol. The van der Waals surface area contributed by atoms with E-state index in [1.165, 1.54) is 0 Å². The van der Waals surface area contributed by atoms with Crippen LogP contribution in [0, 0.1) is 0 Å². The first-order valence-corrected chi connectivity index (χ1v) is 5.59. The Kier molecular flexibility index (Phi) is 3.93. The normalized spacial score (nSPS) is 26.8. The Labute approximate surface area is 87.7 Å². The molecule has 0 amide bonds. The van der Waals surface area contributed by atoms with E-state index in [4.69, 9.17) is 0 Å². The van der Waals surface area contributed by atoms with Gasteiger partial charge in [-0.2, -0.15) is 0 Å². The molecular weight excluding hydrogens is 176 g/mol. The largest absolute Gasteiger partial charge is 0.395 e. The summed E-state index contributed by atoms with van der Waals surface area (Å²) in [5.74, 6) is 0. The number of aliphatic hydroxyl groups is 1. The van der Waals surface area contributed by atoms with Crippen molar-refractivity contribution in [1.29, 1.82) is 0 Å². The van der Waals surface area contributed by atoms with Gasteiger partial charge in [-0.15, -0.1) is 0 Å². The summed E-state index contributed by atoms with van der Waals surface area (Å²) >= 11 is 0. The van der Waals surface area contributed by atoms with Crippen LogP contribution in [0.4, 0.5) is 0 Å². The van der Waals surface area contributed by atoms with Crippen LogP contribution in [-0.2, 0) is 0 Å². The fourth-order valence-corrected chi connectivity index (χ4v) is 2.25. The van der Waals surface area contributed by atoms with Gasteiger partial charge in [-0.3, -0.25) is 4.90 Å². The summed E-state index contributed by atoms with van der Waals surface area (Å²) in [7, 11) is 0. The zero-order valence-corrected chi connectivity index (χ0v) is 9.95. The fourth-order valence-electron chi connectivity index (χ4n) is 2.25. The lowest BCUT2D eigenvalue weighted by Gasteiger charge is -2.47. The molecule has 1 saturated heterocycles. The summed E-state index contributed by atoms with van der Waals surface area (Å²) in [6.07, 6.45) is 0. The van der Waals surface area contributed by atoms with E-state index in [0.717, 1.165) is 26.2 Å². The summed E-state index contributed by atoms with van der Waals surface area (Å²) in [6.45, 7) is 13.4. The second kappa shape index (κ2) is 4.60. The Morgan fingerprint density at radius 3 is 2.36 bits per heavy atom. The van der Waals surface area contributed by atoms with Crippen molar-refractivity contribution in [3.05, 3.63) is 0 Å². The van der Waals surface area contributed by atoms with Crippen LogP contribution in [0.2, 0.25) is 0 Å². The molecule has 1 rings (SSSR count). The molecule has 84 valence electrons. The van der Waals surface area contributed by atoms with Crippen LogP contribution in [-0.4, -0.2) is 59.3 Å². The summed E-state index contributed by atoms with van der Waals surface area (Å²) in [5, 5.41) is 9.37. The molecule has 3 heteroatoms. The van der Waals surface area contributed by atoms with E-state index >= 15 is 0 Å². The quantitative estimate of drug-likeness (QED) is 0.714. The van der Waals surface area contributed by atoms with Gasteiger partial charge < -0.3 is 10.0 Å². The molecule has 0 bridgehead atoms. The number of nitrogens with zero attached hydrogens (tertiary/aromatic N) is 2. The Bertz CT molecular complexity index is 177. The van der Waals surface area contributed by atoms with E-state index in [0.29, 0.717) is 6.04 Å². The van der Waals surface area contributed by atoms with Gasteiger partial charge in [-0.25, -0.2) is 0 Å². The lowest BCUT2D eigenvalue weighted by Crippen LogP contribution is -2.60. The highest BCUT2D eigenvalue weighted by molar-refractivity contribution is 4.88. The lowest BCUT2D eigenvalue weighted by atomic mass is 10.0. The van der Waals surface area contributed by atoms with Gasteiger partial charge in [-0.1, -0.05) is 6.92 Å². The van der Waals surface area contributed by atoms with Crippen molar-refractivity contribution < 1.29 is 5.11 Å². The minimum atomic E-state index is 0.174. The third-order valence-electron chi connectivity index (χ3n) is 3.09. The molecule has 1 atom stereocenters. The van der Waals surface area contributed by atoms with Crippen molar-refractivity contribution in [2.75, 3.05) is 32.8 Å². The molecule has 14 heavy (non-hydrogen) atoms. The summed E-state index contributed by atoms with van der Waals surface area (Å²) in [5.41, 5.74) is 0.174. The molecule has 1 unspecified atom stereocenters. The van der Waals surface area contributed by atoms with Gasteiger partial charge in [0.05, 0.1) is 6.61 Å². The Morgan fingerprint density at radius 2 is 1.93 bits per heavy atom. The Hall–Kier alpha value is -0.120. The molecule has 0 aromatic heterocycles. The van der Waals surface area contributed by atoms with Crippen LogP contribution in [0.15, 0.2) is 0 Å². The van der Waals surface area contributed by atoms with Gasteiger partial charge in [0.1, 0.15) is 0 Å². The third-order valence-corrected chi connectivity index (χ3v) is 3.09. The molecule has 0 spiro atoms. The first-order valence-electron chi connectivity index (χ1n) is 5.59. The van der Waals surface area contributed by atoms with Crippen molar-refractivity contribution in [1.82, 2.24) is 9.80 Å². The van der Waals surface area contributed by atoms with Crippen LogP contribution in [0.5, 0.6) is 0 Å². The average molecular weight is 200 g/mol. The maximum Gasteiger partial charge on any atom is 0.0599 e. The molecule has 1 aliphatic heterocycles. The molecule has 0 aromatic carbocycles. The smallest absolute Gasteiger partial charge is 0.0599 e. The summed E-state index contributed by atoms with van der Waals surface area (Å²) in [4.78, 5) is 4.82. The third kappa shape index (κ3) is 2.69. The summed E-state index contributed by atoms with van der Waals surface area (Å²) in [6, 6.07) is 0.309. The minimum absolute atomic E-state index is 0.174. The highest BCUT2D eigenvalue weighted by atomic mass is 16.3. The van der Waals surface area contributed by atoms with Gasteiger partial charge in [0.15, 0.2) is 0 Å². The molecule has 1 N–H and O–H groups in total. The number of hydrogen-bond donors (Lipinski definition) is 1. The zero-order valence-electron chi connectivity index (χ0n) is 9.95. The number of hydrogen-bond acceptors (Lipinski definition) is 3. The van der Waals surface area contributed by atoms with Gasteiger partial charge in [-0.05, 0) is 27.3 Å². The topological polar surface area (TPSA) is 26.7 Å². The number of piperazine rings is 1. The Balaban J connectivity index is 2.61. The molecular formula is C11H24N2O. The molecule has 1 heterocycles. The van der Waals surface area contributed by atoms with Gasteiger partial charge in [0.2, 0.25) is 0 Å². The molecule has 0 aliphatic carbocycles. The monoisotopic (exact) mass is 200 g/mol. The van der Waals surface area contributed by atoms with Crippen LogP contribution >= 0.6 is 0 Å². The minimum Gasteiger partial charge on any atom is -0.395 e. The molecule has 1 fully saturated rings. The van der Waals surface area contributed by atoms with Gasteiger partial charge >= 0.3 is 0 Å². The standard InChI is InChI=1S/C11H24N2O/c1-5-12-6-7-13(11(2,3)4)10(8-12)9-14/h10,14H,5-9H2,1-4H3. The van der Waals surface area contributed by atoms with E-state index in [1.807, 2.05) is 0 Å². The SMILES string of the molecule is CCN1CCN(C(C)(C)C)C(CO)C1. The van der Waals surface area contributed by atoms with Crippen molar-refractivity contribution in [3.8, 4) is 0 Å². The van der Waals surface area contributed by atoms with Crippen molar-refractivity contribution >= 4 is 0 Å². The predicted octanol–water partition coefficient (Wildman–Crippen LogP) is 0.783. The Morgan fingerprint density at radius 1 is 1.29 bits per heavy atom. The number of rotatable bonds is 2. The van der Waals surface area contributed by atoms with Crippen LogP contribution < -0.4 is 0 Å². The summed E-state index contributed by atoms with van der Waals surface area (Å²) < 4.78 is 0. The second-order valence-corrected chi connectivity index (χ2v) is 5.09. The van der Waals surface area contributed by atoms with E-state index in [2.05, 4.69) is 37.5 Å². The van der Waals surface area contributed by atoms with Gasteiger partial charge in [0.25, 0.3) is 0 Å². The maximum atomic E-state index is 9.37. The van der Waals surface area contributed by atoms with Crippen LogP contribution in [0.3, 0.4) is 0 Å². The highest BCUT2D eigenvalue weighted by Crippen LogP contribution is 2.20. The van der Waals surface area contributed by atoms with E-state index in [-0.39, 0.29) is 12.1 Å². The van der Waals surface area contributed by atoms with E-state index < -0.39 is 0 Å². The molecule has 0 aromatic rings. The molecule has 1 aliphatic rings. The van der Waals surface area contributed by atoms with E-state index in [1.54, 1.807) is 0 Å². The van der Waals surface area contributed by atoms with Crippen LogP contribution in [0.25, 0.3) is 0 Å². The molecule has 0 saturated carbocycles. The van der Waals surface area contributed by atoms with Crippen molar-refractivity contribution in [2.45, 2.75) is 39.3 Å². The van der Waals surface area contributed by atoms with Crippen molar-refractivity contribution in [2.24, 2.45) is 0 Å². The second-order valence-electron chi connectivity index (χ2n) is 5.09.